The van der Waals surface area contributed by atoms with Crippen molar-refractivity contribution in [1.29, 1.82) is 0 Å². The fourth-order valence-corrected chi connectivity index (χ4v) is 6.65. The molecular weight excluding hydrogens is 440 g/mol. The summed E-state index contributed by atoms with van der Waals surface area (Å²) < 4.78 is 31.3. The van der Waals surface area contributed by atoms with E-state index in [4.69, 9.17) is 9.72 Å². The van der Waals surface area contributed by atoms with Gasteiger partial charge in [0.2, 0.25) is 0 Å². The minimum Gasteiger partial charge on any atom is -0.497 e. The highest BCUT2D eigenvalue weighted by Gasteiger charge is 2.32. The number of aromatic nitrogens is 3. The minimum atomic E-state index is -3.10. The minimum absolute atomic E-state index is 0.0429. The summed E-state index contributed by atoms with van der Waals surface area (Å²) in [6, 6.07) is 9.23. The first-order valence-corrected chi connectivity index (χ1v) is 13.2. The summed E-state index contributed by atoms with van der Waals surface area (Å²) in [5.41, 5.74) is 3.25. The van der Waals surface area contributed by atoms with E-state index in [-0.39, 0.29) is 29.5 Å². The molecule has 0 bridgehead atoms. The number of methoxy groups -OCH3 is 1. The summed E-state index contributed by atoms with van der Waals surface area (Å²) in [6.07, 6.45) is 4.73. The zero-order chi connectivity index (χ0) is 23.2. The van der Waals surface area contributed by atoms with Crippen molar-refractivity contribution >= 4 is 26.8 Å². The van der Waals surface area contributed by atoms with Crippen molar-refractivity contribution in [3.8, 4) is 17.0 Å². The van der Waals surface area contributed by atoms with E-state index in [0.29, 0.717) is 34.4 Å². The van der Waals surface area contributed by atoms with Crippen LogP contribution >= 0.6 is 0 Å². The van der Waals surface area contributed by atoms with Crippen LogP contribution in [0, 0.1) is 6.92 Å². The van der Waals surface area contributed by atoms with Gasteiger partial charge in [0, 0.05) is 11.6 Å². The van der Waals surface area contributed by atoms with Crippen LogP contribution in [0.25, 0.3) is 22.3 Å². The molecule has 174 valence electrons. The second-order valence-electron chi connectivity index (χ2n) is 9.02. The van der Waals surface area contributed by atoms with Gasteiger partial charge in [0.05, 0.1) is 47.0 Å². The van der Waals surface area contributed by atoms with E-state index in [1.54, 1.807) is 11.8 Å². The molecule has 3 aromatic rings. The summed E-state index contributed by atoms with van der Waals surface area (Å²) in [5.74, 6) is 0.786. The number of nitrogens with one attached hydrogen (secondary N) is 1. The zero-order valence-electron chi connectivity index (χ0n) is 18.9. The molecule has 3 heterocycles. The van der Waals surface area contributed by atoms with Crippen LogP contribution in [0.15, 0.2) is 30.3 Å². The number of carbonyl (C=O) groups is 1. The molecular formula is C24H28N4O4S. The maximum atomic E-state index is 13.4. The van der Waals surface area contributed by atoms with Crippen LogP contribution in [0.5, 0.6) is 5.75 Å². The molecule has 1 aliphatic carbocycles. The molecule has 1 amide bonds. The van der Waals surface area contributed by atoms with E-state index in [1.165, 1.54) is 0 Å². The Morgan fingerprint density at radius 3 is 2.52 bits per heavy atom. The summed E-state index contributed by atoms with van der Waals surface area (Å²) in [4.78, 5) is 18.3. The Labute approximate surface area is 193 Å². The molecule has 9 heteroatoms. The van der Waals surface area contributed by atoms with E-state index in [9.17, 15) is 13.2 Å². The molecule has 5 rings (SSSR count). The molecule has 0 spiro atoms. The number of ether oxygens (including phenoxy) is 1. The lowest BCUT2D eigenvalue weighted by molar-refractivity contribution is 0.0939. The number of rotatable bonds is 5. The fourth-order valence-electron chi connectivity index (χ4n) is 4.96. The molecule has 8 nitrogen and oxygen atoms in total. The van der Waals surface area contributed by atoms with Crippen LogP contribution in [0.4, 0.5) is 0 Å². The largest absolute Gasteiger partial charge is 0.497 e. The predicted molar refractivity (Wildman–Crippen MR) is 126 cm³/mol. The van der Waals surface area contributed by atoms with E-state index < -0.39 is 9.84 Å². The Hall–Kier alpha value is -2.94. The number of benzene rings is 1. The maximum absolute atomic E-state index is 13.4. The molecule has 0 radical (unpaired) electrons. The molecule has 2 fully saturated rings. The second-order valence-corrected chi connectivity index (χ2v) is 11.3. The van der Waals surface area contributed by atoms with Crippen molar-refractivity contribution in [2.45, 2.75) is 51.1 Å². The highest BCUT2D eigenvalue weighted by molar-refractivity contribution is 7.91. The number of carbonyl (C=O) groups excluding carboxylic acids is 1. The standard InChI is InChI=1S/C24H28N4O4S/c1-15-22-20(24(29)25-17-5-3-4-6-17)13-21(16-7-9-19(32-2)10-8-16)26-23(22)28(27-15)18-11-12-33(30,31)14-18/h7-10,13,17-18H,3-6,11-12,14H2,1-2H3,(H,25,29)/t18-/m1/s1. The Bertz CT molecular complexity index is 1310. The van der Waals surface area contributed by atoms with E-state index in [1.807, 2.05) is 37.3 Å². The van der Waals surface area contributed by atoms with Crippen molar-refractivity contribution in [3.05, 3.63) is 41.6 Å². The van der Waals surface area contributed by atoms with Gasteiger partial charge in [0.25, 0.3) is 5.91 Å². The number of hydrogen-bond acceptors (Lipinski definition) is 6. The Kier molecular flexibility index (Phi) is 5.60. The zero-order valence-corrected chi connectivity index (χ0v) is 19.7. The molecule has 1 atom stereocenters. The Morgan fingerprint density at radius 2 is 1.88 bits per heavy atom. The summed E-state index contributed by atoms with van der Waals surface area (Å²) in [6.45, 7) is 1.85. The van der Waals surface area contributed by atoms with Crippen molar-refractivity contribution in [2.24, 2.45) is 0 Å². The first-order valence-electron chi connectivity index (χ1n) is 11.4. The number of pyridine rings is 1. The number of nitrogens with zero attached hydrogens (tertiary/aromatic N) is 3. The molecule has 1 saturated carbocycles. The predicted octanol–water partition coefficient (Wildman–Crippen LogP) is 3.45. The monoisotopic (exact) mass is 468 g/mol. The molecule has 33 heavy (non-hydrogen) atoms. The smallest absolute Gasteiger partial charge is 0.252 e. The molecule has 1 aromatic carbocycles. The van der Waals surface area contributed by atoms with Gasteiger partial charge in [-0.25, -0.2) is 18.1 Å². The SMILES string of the molecule is COc1ccc(-c2cc(C(=O)NC3CCCC3)c3c(C)nn([C@@H]4CCS(=O)(=O)C4)c3n2)cc1. The van der Waals surface area contributed by atoms with Crippen LogP contribution < -0.4 is 10.1 Å². The third-order valence-corrected chi connectivity index (χ3v) is 8.46. The number of aryl methyl sites for hydroxylation is 1. The quantitative estimate of drug-likeness (QED) is 0.615. The number of fused-ring (bicyclic) bond motifs is 1. The Balaban J connectivity index is 1.65. The van der Waals surface area contributed by atoms with Gasteiger partial charge in [-0.1, -0.05) is 12.8 Å². The van der Waals surface area contributed by atoms with Gasteiger partial charge >= 0.3 is 0 Å². The molecule has 1 saturated heterocycles. The lowest BCUT2D eigenvalue weighted by Gasteiger charge is -2.15. The van der Waals surface area contributed by atoms with Crippen LogP contribution in [-0.2, 0) is 9.84 Å². The van der Waals surface area contributed by atoms with Gasteiger partial charge in [0.1, 0.15) is 5.75 Å². The van der Waals surface area contributed by atoms with Crippen molar-refractivity contribution in [1.82, 2.24) is 20.1 Å². The summed E-state index contributed by atoms with van der Waals surface area (Å²) in [7, 11) is -1.48. The van der Waals surface area contributed by atoms with Crippen LogP contribution in [0.1, 0.15) is 54.2 Å². The third-order valence-electron chi connectivity index (χ3n) is 6.71. The highest BCUT2D eigenvalue weighted by atomic mass is 32.2. The lowest BCUT2D eigenvalue weighted by Crippen LogP contribution is -2.32. The molecule has 2 aliphatic rings. The number of sulfone groups is 1. The molecule has 0 unspecified atom stereocenters. The van der Waals surface area contributed by atoms with Crippen LogP contribution in [0.2, 0.25) is 0 Å². The number of hydrogen-bond donors (Lipinski definition) is 1. The van der Waals surface area contributed by atoms with Crippen molar-refractivity contribution < 1.29 is 17.9 Å². The van der Waals surface area contributed by atoms with Gasteiger partial charge in [-0.15, -0.1) is 0 Å². The van der Waals surface area contributed by atoms with Crippen LogP contribution in [0.3, 0.4) is 0 Å². The molecule has 2 aromatic heterocycles. The van der Waals surface area contributed by atoms with Gasteiger partial charge < -0.3 is 10.1 Å². The maximum Gasteiger partial charge on any atom is 0.252 e. The van der Waals surface area contributed by atoms with Gasteiger partial charge in [-0.05, 0) is 56.5 Å². The van der Waals surface area contributed by atoms with Crippen LogP contribution in [-0.4, -0.2) is 53.7 Å². The summed E-state index contributed by atoms with van der Waals surface area (Å²) >= 11 is 0. The van der Waals surface area contributed by atoms with E-state index >= 15 is 0 Å². The van der Waals surface area contributed by atoms with Gasteiger partial charge in [-0.2, -0.15) is 5.10 Å². The van der Waals surface area contributed by atoms with Gasteiger partial charge in [0.15, 0.2) is 15.5 Å². The Morgan fingerprint density at radius 1 is 1.15 bits per heavy atom. The average Bonchev–Trinajstić information content (AvgIpc) is 3.52. The normalized spacial score (nSPS) is 20.4. The topological polar surface area (TPSA) is 103 Å². The molecule has 1 N–H and O–H groups in total. The fraction of sp³-hybridized carbons (Fsp3) is 0.458. The average molecular weight is 469 g/mol. The third kappa shape index (κ3) is 4.21. The lowest BCUT2D eigenvalue weighted by atomic mass is 10.0. The first kappa shape index (κ1) is 21.9. The first-order chi connectivity index (χ1) is 15.8. The van der Waals surface area contributed by atoms with Gasteiger partial charge in [-0.3, -0.25) is 4.79 Å². The van der Waals surface area contributed by atoms with Crippen molar-refractivity contribution in [2.75, 3.05) is 18.6 Å². The highest BCUT2D eigenvalue weighted by Crippen LogP contribution is 2.33. The number of amides is 1. The molecule has 1 aliphatic heterocycles. The van der Waals surface area contributed by atoms with E-state index in [2.05, 4.69) is 10.4 Å². The van der Waals surface area contributed by atoms with Crippen molar-refractivity contribution in [3.63, 3.8) is 0 Å². The summed E-state index contributed by atoms with van der Waals surface area (Å²) in [5, 5.41) is 8.53. The van der Waals surface area contributed by atoms with E-state index in [0.717, 1.165) is 37.0 Å². The second kappa shape index (κ2) is 8.44.